The van der Waals surface area contributed by atoms with Gasteiger partial charge >= 0.3 is 0 Å². The first-order valence-electron chi connectivity index (χ1n) is 7.16. The van der Waals surface area contributed by atoms with Crippen molar-refractivity contribution in [1.29, 1.82) is 0 Å². The molecule has 5 nitrogen and oxygen atoms in total. The zero-order chi connectivity index (χ0) is 14.6. The Kier molecular flexibility index (Phi) is 4.60. The Morgan fingerprint density at radius 3 is 3.10 bits per heavy atom. The van der Waals surface area contributed by atoms with Crippen molar-refractivity contribution >= 4 is 11.6 Å². The molecule has 110 valence electrons. The van der Waals surface area contributed by atoms with Crippen LogP contribution in [0.2, 0.25) is 0 Å². The number of hydrogen-bond acceptors (Lipinski definition) is 4. The number of carbonyl (C=O) groups excluding carboxylic acids is 1. The van der Waals surface area contributed by atoms with Crippen LogP contribution >= 0.6 is 0 Å². The van der Waals surface area contributed by atoms with Gasteiger partial charge in [0.2, 0.25) is 11.8 Å². The number of nitrogens with one attached hydrogen (secondary N) is 2. The van der Waals surface area contributed by atoms with Gasteiger partial charge in [-0.25, -0.2) is 4.98 Å². The largest absolute Gasteiger partial charge is 0.476 e. The Labute approximate surface area is 120 Å². The molecular formula is C15H23N3O2. The zero-order valence-corrected chi connectivity index (χ0v) is 12.4. The summed E-state index contributed by atoms with van der Waals surface area (Å²) in [5, 5.41) is 6.24. The zero-order valence-electron chi connectivity index (χ0n) is 12.4. The fourth-order valence-corrected chi connectivity index (χ4v) is 2.60. The number of aromatic nitrogens is 1. The van der Waals surface area contributed by atoms with E-state index in [1.807, 2.05) is 13.0 Å². The molecule has 0 aromatic carbocycles. The number of anilines is 1. The van der Waals surface area contributed by atoms with Crippen molar-refractivity contribution in [3.05, 3.63) is 18.3 Å². The molecule has 5 heteroatoms. The summed E-state index contributed by atoms with van der Waals surface area (Å²) < 4.78 is 5.43. The van der Waals surface area contributed by atoms with Crippen molar-refractivity contribution in [2.45, 2.75) is 39.7 Å². The molecule has 1 fully saturated rings. The Bertz CT molecular complexity index is 474. The van der Waals surface area contributed by atoms with E-state index in [4.69, 9.17) is 4.74 Å². The van der Waals surface area contributed by atoms with Crippen molar-refractivity contribution in [1.82, 2.24) is 10.3 Å². The van der Waals surface area contributed by atoms with E-state index in [1.54, 1.807) is 12.3 Å². The summed E-state index contributed by atoms with van der Waals surface area (Å²) in [5.74, 6) is 0.445. The molecule has 1 amide bonds. The van der Waals surface area contributed by atoms with Crippen molar-refractivity contribution in [2.75, 3.05) is 18.5 Å². The van der Waals surface area contributed by atoms with Gasteiger partial charge < -0.3 is 15.4 Å². The number of piperidine rings is 1. The van der Waals surface area contributed by atoms with Gasteiger partial charge in [-0.05, 0) is 43.9 Å². The van der Waals surface area contributed by atoms with Crippen molar-refractivity contribution < 1.29 is 9.53 Å². The smallest absolute Gasteiger partial charge is 0.242 e. The van der Waals surface area contributed by atoms with E-state index in [9.17, 15) is 4.79 Å². The van der Waals surface area contributed by atoms with Gasteiger partial charge in [0, 0.05) is 6.20 Å². The molecule has 1 aliphatic rings. The van der Waals surface area contributed by atoms with Crippen molar-refractivity contribution in [3.63, 3.8) is 0 Å². The summed E-state index contributed by atoms with van der Waals surface area (Å²) in [4.78, 5) is 16.6. The predicted octanol–water partition coefficient (Wildman–Crippen LogP) is 2.20. The molecule has 2 N–H and O–H groups in total. The Morgan fingerprint density at radius 1 is 1.60 bits per heavy atom. The molecule has 1 aliphatic heterocycles. The molecular weight excluding hydrogens is 254 g/mol. The average molecular weight is 277 g/mol. The highest BCUT2D eigenvalue weighted by molar-refractivity contribution is 5.96. The summed E-state index contributed by atoms with van der Waals surface area (Å²) in [5.41, 5.74) is 0.582. The lowest BCUT2D eigenvalue weighted by Gasteiger charge is -2.38. The van der Waals surface area contributed by atoms with E-state index in [0.29, 0.717) is 18.2 Å². The highest BCUT2D eigenvalue weighted by atomic mass is 16.5. The van der Waals surface area contributed by atoms with E-state index in [1.165, 1.54) is 0 Å². The third-order valence-corrected chi connectivity index (χ3v) is 3.70. The minimum absolute atomic E-state index is 0.0244. The van der Waals surface area contributed by atoms with E-state index < -0.39 is 0 Å². The molecule has 2 rings (SSSR count). The second kappa shape index (κ2) is 6.22. The topological polar surface area (TPSA) is 63.2 Å². The van der Waals surface area contributed by atoms with Crippen LogP contribution < -0.4 is 15.4 Å². The lowest BCUT2D eigenvalue weighted by atomic mass is 9.77. The van der Waals surface area contributed by atoms with Crippen LogP contribution in [0.1, 0.15) is 33.6 Å². The summed E-state index contributed by atoms with van der Waals surface area (Å²) in [6.07, 6.45) is 3.81. The van der Waals surface area contributed by atoms with Crippen LogP contribution in [-0.2, 0) is 4.79 Å². The first kappa shape index (κ1) is 14.8. The van der Waals surface area contributed by atoms with Crippen LogP contribution in [0.3, 0.4) is 0 Å². The van der Waals surface area contributed by atoms with Crippen LogP contribution in [0.25, 0.3) is 0 Å². The number of carbonyl (C=O) groups is 1. The number of rotatable bonds is 4. The van der Waals surface area contributed by atoms with Gasteiger partial charge in [0.1, 0.15) is 5.69 Å². The first-order valence-corrected chi connectivity index (χ1v) is 7.16. The second-order valence-corrected chi connectivity index (χ2v) is 5.76. The number of hydrogen-bond donors (Lipinski definition) is 2. The highest BCUT2D eigenvalue weighted by Gasteiger charge is 2.37. The molecule has 0 saturated carbocycles. The average Bonchev–Trinajstić information content (AvgIpc) is 2.40. The molecule has 0 aliphatic carbocycles. The van der Waals surface area contributed by atoms with Gasteiger partial charge in [0.25, 0.3) is 0 Å². The Balaban J connectivity index is 2.11. The Morgan fingerprint density at radius 2 is 2.40 bits per heavy atom. The normalized spacial score (nSPS) is 21.2. The first-order chi connectivity index (χ1) is 9.54. The van der Waals surface area contributed by atoms with Crippen molar-refractivity contribution in [3.8, 4) is 5.88 Å². The van der Waals surface area contributed by atoms with E-state index >= 15 is 0 Å². The molecule has 1 aromatic heterocycles. The van der Waals surface area contributed by atoms with E-state index in [0.717, 1.165) is 19.4 Å². The van der Waals surface area contributed by atoms with E-state index in [-0.39, 0.29) is 17.4 Å². The number of nitrogens with zero attached hydrogens (tertiary/aromatic N) is 1. The van der Waals surface area contributed by atoms with Crippen LogP contribution in [-0.4, -0.2) is 30.1 Å². The minimum atomic E-state index is -0.189. The molecule has 0 bridgehead atoms. The highest BCUT2D eigenvalue weighted by Crippen LogP contribution is 2.31. The fraction of sp³-hybridized carbons (Fsp3) is 0.600. The second-order valence-electron chi connectivity index (χ2n) is 5.76. The third-order valence-electron chi connectivity index (χ3n) is 3.70. The molecule has 1 atom stereocenters. The van der Waals surface area contributed by atoms with E-state index in [2.05, 4.69) is 29.5 Å². The lowest BCUT2D eigenvalue weighted by molar-refractivity contribution is -0.121. The summed E-state index contributed by atoms with van der Waals surface area (Å²) >= 11 is 0. The number of pyridine rings is 1. The maximum Gasteiger partial charge on any atom is 0.242 e. The summed E-state index contributed by atoms with van der Waals surface area (Å²) in [6.45, 7) is 7.54. The van der Waals surface area contributed by atoms with Crippen LogP contribution in [0.5, 0.6) is 5.88 Å². The predicted molar refractivity (Wildman–Crippen MR) is 78.8 cm³/mol. The standard InChI is InChI=1S/C15H23N3O2/c1-4-20-14-11(7-5-9-17-14)18-13(19)12-15(2,3)8-6-10-16-12/h5,7,9,12,16H,4,6,8,10H2,1-3H3,(H,18,19). The van der Waals surface area contributed by atoms with Gasteiger partial charge in [-0.2, -0.15) is 0 Å². The maximum absolute atomic E-state index is 12.5. The SMILES string of the molecule is CCOc1ncccc1NC(=O)C1NCCCC1(C)C. The minimum Gasteiger partial charge on any atom is -0.476 e. The molecule has 20 heavy (non-hydrogen) atoms. The van der Waals surface area contributed by atoms with Gasteiger partial charge in [0.05, 0.1) is 12.6 Å². The van der Waals surface area contributed by atoms with Crippen LogP contribution in [0, 0.1) is 5.41 Å². The summed E-state index contributed by atoms with van der Waals surface area (Å²) in [6, 6.07) is 3.41. The molecule has 1 aromatic rings. The van der Waals surface area contributed by atoms with Gasteiger partial charge in [-0.1, -0.05) is 13.8 Å². The van der Waals surface area contributed by atoms with Gasteiger partial charge in [-0.15, -0.1) is 0 Å². The third kappa shape index (κ3) is 3.28. The molecule has 0 radical (unpaired) electrons. The number of amides is 1. The Hall–Kier alpha value is -1.62. The fourth-order valence-electron chi connectivity index (χ4n) is 2.60. The van der Waals surface area contributed by atoms with Crippen LogP contribution in [0.4, 0.5) is 5.69 Å². The van der Waals surface area contributed by atoms with Gasteiger partial charge in [0.15, 0.2) is 0 Å². The van der Waals surface area contributed by atoms with Crippen LogP contribution in [0.15, 0.2) is 18.3 Å². The summed E-state index contributed by atoms with van der Waals surface area (Å²) in [7, 11) is 0. The number of ether oxygens (including phenoxy) is 1. The maximum atomic E-state index is 12.5. The lowest BCUT2D eigenvalue weighted by Crippen LogP contribution is -2.53. The van der Waals surface area contributed by atoms with Crippen molar-refractivity contribution in [2.24, 2.45) is 5.41 Å². The molecule has 0 spiro atoms. The van der Waals surface area contributed by atoms with Gasteiger partial charge in [-0.3, -0.25) is 4.79 Å². The molecule has 1 unspecified atom stereocenters. The monoisotopic (exact) mass is 277 g/mol. The molecule has 1 saturated heterocycles. The quantitative estimate of drug-likeness (QED) is 0.885. The molecule has 2 heterocycles.